The lowest BCUT2D eigenvalue weighted by Gasteiger charge is -2.10. The second kappa shape index (κ2) is 9.61. The first-order valence-corrected chi connectivity index (χ1v) is 11.1. The van der Waals surface area contributed by atoms with E-state index in [-0.39, 0.29) is 25.1 Å². The number of nitrogens with one attached hydrogen (secondary N) is 1. The van der Waals surface area contributed by atoms with E-state index in [0.29, 0.717) is 5.13 Å². The van der Waals surface area contributed by atoms with Gasteiger partial charge in [0.1, 0.15) is 0 Å². The molecule has 0 aliphatic heterocycles. The largest absolute Gasteiger partial charge is 0.481 e. The quantitative estimate of drug-likeness (QED) is 0.436. The lowest BCUT2D eigenvalue weighted by molar-refractivity contribution is -0.137. The standard InChI is InChI=1S/C23H21N5O4S/c1-15-7-9-16(10-8-15)13-28-20(26-22(31)27(23(28)32)12-11-19(29)30)25-21-24-18(14-33-21)17-5-3-2-4-6-17/h2-10,14H,11-13H2,1H3,(H,29,30)(H,24,25,26,31). The molecule has 0 saturated carbocycles. The zero-order valence-corrected chi connectivity index (χ0v) is 18.6. The highest BCUT2D eigenvalue weighted by molar-refractivity contribution is 7.13. The summed E-state index contributed by atoms with van der Waals surface area (Å²) in [6, 6.07) is 17.2. The topological polar surface area (TPSA) is 122 Å². The number of carboxylic acid groups (broad SMARTS) is 1. The highest BCUT2D eigenvalue weighted by Gasteiger charge is 2.12. The molecular formula is C23H21N5O4S. The molecule has 33 heavy (non-hydrogen) atoms. The van der Waals surface area contributed by atoms with Crippen LogP contribution >= 0.6 is 11.3 Å². The van der Waals surface area contributed by atoms with Crippen LogP contribution in [0.15, 0.2) is 74.6 Å². The summed E-state index contributed by atoms with van der Waals surface area (Å²) in [5, 5.41) is 11.2. The Hall–Kier alpha value is -4.05. The van der Waals surface area contributed by atoms with Crippen molar-refractivity contribution in [2.75, 3.05) is 0 Å². The maximum atomic E-state index is 13.1. The van der Waals surface area contributed by atoms with Crippen LogP contribution in [-0.4, -0.2) is 30.2 Å². The molecule has 0 bridgehead atoms. The van der Waals surface area contributed by atoms with Gasteiger partial charge in [-0.1, -0.05) is 60.2 Å². The average molecular weight is 464 g/mol. The molecule has 0 radical (unpaired) electrons. The summed E-state index contributed by atoms with van der Waals surface area (Å²) in [7, 11) is 0. The molecule has 4 rings (SSSR count). The van der Waals surface area contributed by atoms with Gasteiger partial charge in [0.15, 0.2) is 0 Å². The van der Waals surface area contributed by atoms with Crippen molar-refractivity contribution in [1.29, 1.82) is 0 Å². The number of aromatic nitrogens is 4. The van der Waals surface area contributed by atoms with Crippen molar-refractivity contribution in [2.24, 2.45) is 4.99 Å². The number of aliphatic carboxylic acids is 1. The number of nitrogens with zero attached hydrogens (tertiary/aromatic N) is 4. The van der Waals surface area contributed by atoms with Gasteiger partial charge in [-0.15, -0.1) is 11.3 Å². The molecule has 2 aromatic carbocycles. The van der Waals surface area contributed by atoms with Gasteiger partial charge in [0.25, 0.3) is 0 Å². The molecule has 9 nitrogen and oxygen atoms in total. The molecule has 0 atom stereocenters. The summed E-state index contributed by atoms with van der Waals surface area (Å²) in [4.78, 5) is 48.2. The van der Waals surface area contributed by atoms with Gasteiger partial charge in [-0.25, -0.2) is 19.1 Å². The van der Waals surface area contributed by atoms with Crippen molar-refractivity contribution < 1.29 is 9.90 Å². The number of carbonyl (C=O) groups is 1. The van der Waals surface area contributed by atoms with Crippen LogP contribution < -0.4 is 17.0 Å². The molecule has 0 unspecified atom stereocenters. The number of hydrogen-bond donors (Lipinski definition) is 2. The van der Waals surface area contributed by atoms with Gasteiger partial charge in [0.2, 0.25) is 10.7 Å². The summed E-state index contributed by atoms with van der Waals surface area (Å²) in [6.45, 7) is 1.87. The van der Waals surface area contributed by atoms with Crippen LogP contribution in [0.2, 0.25) is 0 Å². The fraction of sp³-hybridized carbons (Fsp3) is 0.174. The lowest BCUT2D eigenvalue weighted by atomic mass is 10.1. The van der Waals surface area contributed by atoms with Crippen LogP contribution in [0.25, 0.3) is 11.3 Å². The van der Waals surface area contributed by atoms with E-state index in [0.717, 1.165) is 27.0 Å². The highest BCUT2D eigenvalue weighted by atomic mass is 32.1. The summed E-state index contributed by atoms with van der Waals surface area (Å²) in [5.74, 6) is -1.10. The predicted molar refractivity (Wildman–Crippen MR) is 125 cm³/mol. The molecule has 10 heteroatoms. The molecule has 0 aliphatic carbocycles. The zero-order chi connectivity index (χ0) is 23.4. The van der Waals surface area contributed by atoms with E-state index in [9.17, 15) is 14.4 Å². The molecular weight excluding hydrogens is 442 g/mol. The minimum atomic E-state index is -1.10. The third-order valence-corrected chi connectivity index (χ3v) is 5.69. The molecule has 0 aliphatic rings. The van der Waals surface area contributed by atoms with E-state index in [4.69, 9.17) is 5.11 Å². The Kier molecular flexibility index (Phi) is 6.45. The highest BCUT2D eigenvalue weighted by Crippen LogP contribution is 2.25. The zero-order valence-electron chi connectivity index (χ0n) is 17.8. The lowest BCUT2D eigenvalue weighted by Crippen LogP contribution is -2.50. The van der Waals surface area contributed by atoms with E-state index in [2.05, 4.69) is 15.0 Å². The number of thiazole rings is 1. The molecule has 0 saturated heterocycles. The Bertz CT molecular complexity index is 1460. The van der Waals surface area contributed by atoms with Crippen molar-refractivity contribution in [3.05, 3.63) is 97.7 Å². The summed E-state index contributed by atoms with van der Waals surface area (Å²) in [5.41, 5.74) is 2.26. The molecule has 2 N–H and O–H groups in total. The Balaban J connectivity index is 1.81. The van der Waals surface area contributed by atoms with Crippen LogP contribution in [0.5, 0.6) is 0 Å². The van der Waals surface area contributed by atoms with E-state index in [1.807, 2.05) is 66.9 Å². The van der Waals surface area contributed by atoms with Crippen LogP contribution in [0.3, 0.4) is 0 Å². The molecule has 2 heterocycles. The van der Waals surface area contributed by atoms with Crippen LogP contribution in [0.4, 0.5) is 5.13 Å². The minimum absolute atomic E-state index is 0.0473. The average Bonchev–Trinajstić information content (AvgIpc) is 3.26. The normalized spacial score (nSPS) is 11.6. The molecule has 0 spiro atoms. The van der Waals surface area contributed by atoms with E-state index >= 15 is 0 Å². The molecule has 0 fully saturated rings. The van der Waals surface area contributed by atoms with Gasteiger partial charge in [-0.2, -0.15) is 4.99 Å². The molecule has 4 aromatic rings. The summed E-state index contributed by atoms with van der Waals surface area (Å²) < 4.78 is 2.19. The molecule has 168 valence electrons. The van der Waals surface area contributed by atoms with E-state index in [1.54, 1.807) is 0 Å². The second-order valence-electron chi connectivity index (χ2n) is 7.40. The predicted octanol–water partition coefficient (Wildman–Crippen LogP) is 2.53. The minimum Gasteiger partial charge on any atom is -0.481 e. The number of aromatic amines is 1. The number of hydrogen-bond acceptors (Lipinski definition) is 6. The van der Waals surface area contributed by atoms with Crippen molar-refractivity contribution in [3.8, 4) is 11.3 Å². The fourth-order valence-electron chi connectivity index (χ4n) is 3.21. The number of aryl methyl sites for hydroxylation is 1. The van der Waals surface area contributed by atoms with E-state index < -0.39 is 17.3 Å². The first kappa shape index (κ1) is 22.2. The van der Waals surface area contributed by atoms with Crippen molar-refractivity contribution in [3.63, 3.8) is 0 Å². The third-order valence-electron chi connectivity index (χ3n) is 4.96. The van der Waals surface area contributed by atoms with Gasteiger partial charge in [-0.3, -0.25) is 14.3 Å². The molecule has 0 amide bonds. The number of rotatable bonds is 7. The van der Waals surface area contributed by atoms with Gasteiger partial charge in [0.05, 0.1) is 18.7 Å². The number of carboxylic acids is 1. The fourth-order valence-corrected chi connectivity index (χ4v) is 3.91. The Morgan fingerprint density at radius 2 is 1.82 bits per heavy atom. The maximum absolute atomic E-state index is 13.1. The summed E-state index contributed by atoms with van der Waals surface area (Å²) >= 11 is 1.29. The van der Waals surface area contributed by atoms with Gasteiger partial charge >= 0.3 is 17.3 Å². The Morgan fingerprint density at radius 3 is 2.52 bits per heavy atom. The molecule has 2 aromatic heterocycles. The van der Waals surface area contributed by atoms with Crippen LogP contribution in [0.1, 0.15) is 17.5 Å². The Morgan fingerprint density at radius 1 is 1.09 bits per heavy atom. The second-order valence-corrected chi connectivity index (χ2v) is 8.23. The number of H-pyrrole nitrogens is 1. The SMILES string of the molecule is Cc1ccc(Cn2c(=O)n(CCC(=O)O)c(=O)[nH]/c2=N\c2nc(-c3ccccc3)cs2)cc1. The first-order valence-electron chi connectivity index (χ1n) is 10.2. The van der Waals surface area contributed by atoms with Crippen molar-refractivity contribution in [2.45, 2.75) is 26.4 Å². The van der Waals surface area contributed by atoms with E-state index in [1.165, 1.54) is 15.9 Å². The van der Waals surface area contributed by atoms with Crippen LogP contribution in [-0.2, 0) is 17.9 Å². The summed E-state index contributed by atoms with van der Waals surface area (Å²) in [6.07, 6.45) is -0.350. The van der Waals surface area contributed by atoms with Crippen molar-refractivity contribution in [1.82, 2.24) is 19.1 Å². The maximum Gasteiger partial charge on any atom is 0.335 e. The van der Waals surface area contributed by atoms with Gasteiger partial charge in [0, 0.05) is 17.5 Å². The van der Waals surface area contributed by atoms with Gasteiger partial charge in [-0.05, 0) is 12.5 Å². The van der Waals surface area contributed by atoms with Gasteiger partial charge < -0.3 is 5.11 Å². The third kappa shape index (κ3) is 5.24. The smallest absolute Gasteiger partial charge is 0.335 e. The van der Waals surface area contributed by atoms with Crippen LogP contribution in [0, 0.1) is 6.92 Å². The Labute approximate surface area is 192 Å². The first-order chi connectivity index (χ1) is 15.9. The number of benzene rings is 2. The van der Waals surface area contributed by atoms with Crippen molar-refractivity contribution >= 4 is 22.4 Å². The monoisotopic (exact) mass is 463 g/mol.